The summed E-state index contributed by atoms with van der Waals surface area (Å²) in [4.78, 5) is 11.5. The number of hydrogen-bond acceptors (Lipinski definition) is 2. The molecule has 0 amide bonds. The lowest BCUT2D eigenvalue weighted by Gasteiger charge is -2.25. The number of carboxylic acid groups (broad SMARTS) is 1. The summed E-state index contributed by atoms with van der Waals surface area (Å²) in [6.07, 6.45) is -2.42. The Morgan fingerprint density at radius 2 is 1.90 bits per heavy atom. The molecule has 0 radical (unpaired) electrons. The zero-order valence-corrected chi connectivity index (χ0v) is 11.0. The number of carboxylic acids is 1. The molecule has 1 aromatic carbocycles. The van der Waals surface area contributed by atoms with Gasteiger partial charge >= 0.3 is 12.1 Å². The second-order valence-electron chi connectivity index (χ2n) is 5.01. The first kappa shape index (κ1) is 14.7. The number of carbonyl (C=O) groups is 1. The summed E-state index contributed by atoms with van der Waals surface area (Å²) in [7, 11) is 1.16. The van der Waals surface area contributed by atoms with E-state index in [1.54, 1.807) is 0 Å². The van der Waals surface area contributed by atoms with E-state index in [4.69, 9.17) is 4.74 Å². The SMILES string of the molecule is COc1ccc(C2(C(=O)O)CCCC2)cc1C(F)(F)F. The number of halogens is 3. The second-order valence-corrected chi connectivity index (χ2v) is 5.01. The lowest BCUT2D eigenvalue weighted by Crippen LogP contribution is -2.32. The number of methoxy groups -OCH3 is 1. The molecule has 0 atom stereocenters. The van der Waals surface area contributed by atoms with E-state index in [-0.39, 0.29) is 11.3 Å². The van der Waals surface area contributed by atoms with Crippen LogP contribution in [-0.2, 0) is 16.4 Å². The van der Waals surface area contributed by atoms with Crippen molar-refractivity contribution in [2.24, 2.45) is 0 Å². The van der Waals surface area contributed by atoms with Gasteiger partial charge in [0.25, 0.3) is 0 Å². The molecular formula is C14H15F3O3. The summed E-state index contributed by atoms with van der Waals surface area (Å²) in [5.41, 5.74) is -1.92. The molecule has 1 saturated carbocycles. The predicted molar refractivity (Wildman–Crippen MR) is 65.8 cm³/mol. The standard InChI is InChI=1S/C14H15F3O3/c1-20-11-5-4-9(8-10(11)14(15,16)17)13(12(18)19)6-2-3-7-13/h4-5,8H,2-3,6-7H2,1H3,(H,18,19). The van der Waals surface area contributed by atoms with Gasteiger partial charge in [0.1, 0.15) is 5.75 Å². The molecule has 1 aliphatic rings. The van der Waals surface area contributed by atoms with Gasteiger partial charge in [0.15, 0.2) is 0 Å². The van der Waals surface area contributed by atoms with Crippen LogP contribution in [0.5, 0.6) is 5.75 Å². The highest BCUT2D eigenvalue weighted by molar-refractivity contribution is 5.82. The number of aliphatic carboxylic acids is 1. The Kier molecular flexibility index (Phi) is 3.67. The summed E-state index contributed by atoms with van der Waals surface area (Å²) in [5.74, 6) is -1.35. The third-order valence-corrected chi connectivity index (χ3v) is 3.92. The molecule has 0 aliphatic heterocycles. The summed E-state index contributed by atoms with van der Waals surface area (Å²) < 4.78 is 43.7. The van der Waals surface area contributed by atoms with Crippen molar-refractivity contribution in [3.63, 3.8) is 0 Å². The van der Waals surface area contributed by atoms with Gasteiger partial charge in [-0.2, -0.15) is 13.2 Å². The fraction of sp³-hybridized carbons (Fsp3) is 0.500. The van der Waals surface area contributed by atoms with Crippen molar-refractivity contribution in [1.82, 2.24) is 0 Å². The number of benzene rings is 1. The molecule has 1 aromatic rings. The second kappa shape index (κ2) is 5.00. The van der Waals surface area contributed by atoms with Crippen LogP contribution >= 0.6 is 0 Å². The van der Waals surface area contributed by atoms with E-state index in [0.29, 0.717) is 25.7 Å². The Morgan fingerprint density at radius 1 is 1.30 bits per heavy atom. The molecule has 20 heavy (non-hydrogen) atoms. The Balaban J connectivity index is 2.56. The quantitative estimate of drug-likeness (QED) is 0.924. The predicted octanol–water partition coefficient (Wildman–Crippen LogP) is 3.61. The summed E-state index contributed by atoms with van der Waals surface area (Å²) in [6, 6.07) is 3.53. The zero-order chi connectivity index (χ0) is 15.0. The van der Waals surface area contributed by atoms with Crippen LogP contribution in [0.25, 0.3) is 0 Å². The molecule has 110 valence electrons. The van der Waals surface area contributed by atoms with Gasteiger partial charge in [-0.25, -0.2) is 0 Å². The summed E-state index contributed by atoms with van der Waals surface area (Å²) in [5, 5.41) is 9.42. The minimum absolute atomic E-state index is 0.204. The van der Waals surface area contributed by atoms with Gasteiger partial charge in [-0.1, -0.05) is 18.9 Å². The summed E-state index contributed by atoms with van der Waals surface area (Å²) >= 11 is 0. The number of rotatable bonds is 3. The maximum atomic E-state index is 13.0. The van der Waals surface area contributed by atoms with Crippen molar-refractivity contribution in [2.45, 2.75) is 37.3 Å². The molecule has 2 rings (SSSR count). The first-order chi connectivity index (χ1) is 9.31. The van der Waals surface area contributed by atoms with E-state index >= 15 is 0 Å². The highest BCUT2D eigenvalue weighted by Gasteiger charge is 2.44. The van der Waals surface area contributed by atoms with E-state index < -0.39 is 23.1 Å². The third kappa shape index (κ3) is 2.34. The molecule has 0 saturated heterocycles. The maximum Gasteiger partial charge on any atom is 0.419 e. The maximum absolute atomic E-state index is 13.0. The molecule has 3 nitrogen and oxygen atoms in total. The molecule has 1 fully saturated rings. The minimum Gasteiger partial charge on any atom is -0.496 e. The van der Waals surface area contributed by atoms with E-state index in [1.807, 2.05) is 0 Å². The molecule has 0 bridgehead atoms. The van der Waals surface area contributed by atoms with Crippen LogP contribution < -0.4 is 4.74 Å². The van der Waals surface area contributed by atoms with Crippen molar-refractivity contribution in [3.8, 4) is 5.75 Å². The Morgan fingerprint density at radius 3 is 2.35 bits per heavy atom. The van der Waals surface area contributed by atoms with Crippen LogP contribution in [0, 0.1) is 0 Å². The molecule has 1 aliphatic carbocycles. The largest absolute Gasteiger partial charge is 0.496 e. The normalized spacial score (nSPS) is 18.0. The number of alkyl halides is 3. The number of hydrogen-bond donors (Lipinski definition) is 1. The van der Waals surface area contributed by atoms with Gasteiger partial charge in [0.05, 0.1) is 18.1 Å². The molecule has 1 N–H and O–H groups in total. The summed E-state index contributed by atoms with van der Waals surface area (Å²) in [6.45, 7) is 0. The van der Waals surface area contributed by atoms with Gasteiger partial charge in [-0.3, -0.25) is 4.79 Å². The average molecular weight is 288 g/mol. The van der Waals surface area contributed by atoms with Gasteiger partial charge in [-0.15, -0.1) is 0 Å². The van der Waals surface area contributed by atoms with Crippen LogP contribution in [0.4, 0.5) is 13.2 Å². The van der Waals surface area contributed by atoms with E-state index in [1.165, 1.54) is 12.1 Å². The van der Waals surface area contributed by atoms with Gasteiger partial charge < -0.3 is 9.84 Å². The topological polar surface area (TPSA) is 46.5 Å². The Hall–Kier alpha value is -1.72. The van der Waals surface area contributed by atoms with Crippen molar-refractivity contribution in [1.29, 1.82) is 0 Å². The van der Waals surface area contributed by atoms with Crippen LogP contribution in [0.15, 0.2) is 18.2 Å². The zero-order valence-electron chi connectivity index (χ0n) is 11.0. The van der Waals surface area contributed by atoms with Crippen molar-refractivity contribution >= 4 is 5.97 Å². The van der Waals surface area contributed by atoms with Crippen LogP contribution in [0.2, 0.25) is 0 Å². The van der Waals surface area contributed by atoms with E-state index in [0.717, 1.165) is 13.2 Å². The lowest BCUT2D eigenvalue weighted by molar-refractivity contribution is -0.144. The van der Waals surface area contributed by atoms with E-state index in [9.17, 15) is 23.1 Å². The molecule has 0 heterocycles. The molecular weight excluding hydrogens is 273 g/mol. The van der Waals surface area contributed by atoms with Crippen molar-refractivity contribution in [2.75, 3.05) is 7.11 Å². The highest BCUT2D eigenvalue weighted by atomic mass is 19.4. The highest BCUT2D eigenvalue weighted by Crippen LogP contribution is 2.45. The molecule has 0 aromatic heterocycles. The lowest BCUT2D eigenvalue weighted by atomic mass is 9.78. The van der Waals surface area contributed by atoms with Crippen LogP contribution in [0.3, 0.4) is 0 Å². The Bertz CT molecular complexity index is 517. The average Bonchev–Trinajstić information content (AvgIpc) is 2.87. The van der Waals surface area contributed by atoms with Gasteiger partial charge in [0, 0.05) is 0 Å². The third-order valence-electron chi connectivity index (χ3n) is 3.92. The number of ether oxygens (including phenoxy) is 1. The van der Waals surface area contributed by atoms with Gasteiger partial charge in [0.2, 0.25) is 0 Å². The molecule has 0 unspecified atom stereocenters. The minimum atomic E-state index is -4.57. The fourth-order valence-electron chi connectivity index (χ4n) is 2.83. The monoisotopic (exact) mass is 288 g/mol. The van der Waals surface area contributed by atoms with Crippen LogP contribution in [0.1, 0.15) is 36.8 Å². The first-order valence-corrected chi connectivity index (χ1v) is 6.30. The smallest absolute Gasteiger partial charge is 0.419 e. The molecule has 6 heteroatoms. The Labute approximate surface area is 114 Å². The van der Waals surface area contributed by atoms with Crippen molar-refractivity contribution < 1.29 is 27.8 Å². The van der Waals surface area contributed by atoms with Crippen LogP contribution in [-0.4, -0.2) is 18.2 Å². The van der Waals surface area contributed by atoms with Crippen molar-refractivity contribution in [3.05, 3.63) is 29.3 Å². The first-order valence-electron chi connectivity index (χ1n) is 6.30. The fourth-order valence-corrected chi connectivity index (χ4v) is 2.83. The van der Waals surface area contributed by atoms with Gasteiger partial charge in [-0.05, 0) is 30.5 Å². The van der Waals surface area contributed by atoms with E-state index in [2.05, 4.69) is 0 Å². The molecule has 0 spiro atoms.